The van der Waals surface area contributed by atoms with E-state index in [1.165, 1.54) is 50.1 Å². The van der Waals surface area contributed by atoms with E-state index in [0.717, 1.165) is 22.6 Å². The molecular formula is C13H18N3OS+. The molecule has 0 spiro atoms. The molecule has 0 amide bonds. The summed E-state index contributed by atoms with van der Waals surface area (Å²) in [5.41, 5.74) is 0.854. The van der Waals surface area contributed by atoms with Gasteiger partial charge < -0.3 is 9.88 Å². The molecule has 0 saturated carbocycles. The van der Waals surface area contributed by atoms with Crippen molar-refractivity contribution in [3.63, 3.8) is 0 Å². The third-order valence-corrected chi connectivity index (χ3v) is 4.49. The Morgan fingerprint density at radius 3 is 2.83 bits per heavy atom. The van der Waals surface area contributed by atoms with E-state index in [-0.39, 0.29) is 5.56 Å². The Hall–Kier alpha value is -1.20. The highest BCUT2D eigenvalue weighted by molar-refractivity contribution is 7.17. The summed E-state index contributed by atoms with van der Waals surface area (Å²) in [5.74, 6) is 0.836. The van der Waals surface area contributed by atoms with Gasteiger partial charge in [-0.15, -0.1) is 11.3 Å². The zero-order valence-corrected chi connectivity index (χ0v) is 11.2. The summed E-state index contributed by atoms with van der Waals surface area (Å²) >= 11 is 1.46. The van der Waals surface area contributed by atoms with E-state index < -0.39 is 0 Å². The normalized spacial score (nSPS) is 18.0. The third kappa shape index (κ3) is 2.47. The summed E-state index contributed by atoms with van der Waals surface area (Å²) in [4.78, 5) is 20.9. The van der Waals surface area contributed by atoms with Gasteiger partial charge in [0.15, 0.2) is 5.82 Å². The average Bonchev–Trinajstić information content (AvgIpc) is 2.68. The number of aromatic nitrogens is 2. The van der Waals surface area contributed by atoms with Gasteiger partial charge in [0.2, 0.25) is 0 Å². The Morgan fingerprint density at radius 1 is 1.28 bits per heavy atom. The van der Waals surface area contributed by atoms with E-state index in [1.54, 1.807) is 4.90 Å². The fourth-order valence-electron chi connectivity index (χ4n) is 2.65. The zero-order valence-electron chi connectivity index (χ0n) is 10.4. The van der Waals surface area contributed by atoms with Crippen LogP contribution >= 0.6 is 11.3 Å². The number of quaternary nitrogens is 1. The fourth-order valence-corrected chi connectivity index (χ4v) is 3.37. The van der Waals surface area contributed by atoms with Crippen LogP contribution in [-0.4, -0.2) is 23.1 Å². The predicted molar refractivity (Wildman–Crippen MR) is 73.1 cm³/mol. The van der Waals surface area contributed by atoms with E-state index in [0.29, 0.717) is 0 Å². The lowest BCUT2D eigenvalue weighted by molar-refractivity contribution is -0.913. The van der Waals surface area contributed by atoms with Gasteiger partial charge in [-0.2, -0.15) is 0 Å². The van der Waals surface area contributed by atoms with Crippen LogP contribution in [-0.2, 0) is 6.54 Å². The average molecular weight is 264 g/mol. The fraction of sp³-hybridized carbons (Fsp3) is 0.538. The molecule has 0 atom stereocenters. The maximum atomic E-state index is 11.9. The molecule has 3 heterocycles. The molecule has 2 N–H and O–H groups in total. The standard InChI is InChI=1S/C13H17N3OS/c17-13-12-10(5-8-18-12)14-11(15-13)9-16-6-3-1-2-4-7-16/h5,8H,1-4,6-7,9H2,(H,14,15,17)/p+1. The highest BCUT2D eigenvalue weighted by Gasteiger charge is 2.15. The van der Waals surface area contributed by atoms with Crippen molar-refractivity contribution in [2.45, 2.75) is 32.2 Å². The maximum Gasteiger partial charge on any atom is 0.269 e. The van der Waals surface area contributed by atoms with Gasteiger partial charge in [-0.3, -0.25) is 4.79 Å². The number of rotatable bonds is 2. The first-order valence-electron chi connectivity index (χ1n) is 6.63. The molecule has 2 aromatic rings. The number of aromatic amines is 1. The Balaban J connectivity index is 1.83. The molecule has 0 unspecified atom stereocenters. The number of thiophene rings is 1. The van der Waals surface area contributed by atoms with Gasteiger partial charge in [0.1, 0.15) is 11.2 Å². The quantitative estimate of drug-likeness (QED) is 0.848. The van der Waals surface area contributed by atoms with E-state index in [2.05, 4.69) is 9.97 Å². The van der Waals surface area contributed by atoms with Crippen molar-refractivity contribution in [3.05, 3.63) is 27.6 Å². The van der Waals surface area contributed by atoms with E-state index in [1.807, 2.05) is 11.4 Å². The number of nitrogens with zero attached hydrogens (tertiary/aromatic N) is 1. The van der Waals surface area contributed by atoms with Gasteiger partial charge in [-0.1, -0.05) is 0 Å². The summed E-state index contributed by atoms with van der Waals surface area (Å²) in [7, 11) is 0. The van der Waals surface area contributed by atoms with E-state index in [9.17, 15) is 4.79 Å². The molecule has 96 valence electrons. The largest absolute Gasteiger partial charge is 0.329 e. The first-order chi connectivity index (χ1) is 8.83. The molecule has 1 aliphatic rings. The highest BCUT2D eigenvalue weighted by Crippen LogP contribution is 2.13. The maximum absolute atomic E-state index is 11.9. The van der Waals surface area contributed by atoms with E-state index in [4.69, 9.17) is 0 Å². The van der Waals surface area contributed by atoms with Crippen LogP contribution in [0.15, 0.2) is 16.2 Å². The number of fused-ring (bicyclic) bond motifs is 1. The van der Waals surface area contributed by atoms with Gasteiger partial charge in [0.05, 0.1) is 18.6 Å². The monoisotopic (exact) mass is 264 g/mol. The van der Waals surface area contributed by atoms with Crippen molar-refractivity contribution in [2.75, 3.05) is 13.1 Å². The summed E-state index contributed by atoms with van der Waals surface area (Å²) in [6.07, 6.45) is 5.27. The summed E-state index contributed by atoms with van der Waals surface area (Å²) in [6.45, 7) is 3.25. The van der Waals surface area contributed by atoms with Crippen LogP contribution in [0.1, 0.15) is 31.5 Å². The minimum absolute atomic E-state index is 0.0132. The van der Waals surface area contributed by atoms with Crippen LogP contribution in [0, 0.1) is 0 Å². The topological polar surface area (TPSA) is 50.2 Å². The van der Waals surface area contributed by atoms with Gasteiger partial charge in [-0.05, 0) is 37.1 Å². The van der Waals surface area contributed by atoms with Crippen LogP contribution in [0.25, 0.3) is 10.2 Å². The first-order valence-corrected chi connectivity index (χ1v) is 7.51. The van der Waals surface area contributed by atoms with Crippen molar-refractivity contribution in [1.29, 1.82) is 0 Å². The Morgan fingerprint density at radius 2 is 2.06 bits per heavy atom. The lowest BCUT2D eigenvalue weighted by atomic mass is 10.2. The Labute approximate surface area is 110 Å². The SMILES string of the molecule is O=c1[nH]c(C[NH+]2CCCCCC2)nc2ccsc12. The lowest BCUT2D eigenvalue weighted by Gasteiger charge is -2.15. The number of hydrogen-bond donors (Lipinski definition) is 2. The Kier molecular flexibility index (Phi) is 3.43. The van der Waals surface area contributed by atoms with Crippen LogP contribution in [0.2, 0.25) is 0 Å². The number of nitrogens with one attached hydrogen (secondary N) is 2. The third-order valence-electron chi connectivity index (χ3n) is 3.59. The van der Waals surface area contributed by atoms with Gasteiger partial charge in [-0.25, -0.2) is 4.98 Å². The van der Waals surface area contributed by atoms with Gasteiger partial charge in [0, 0.05) is 0 Å². The highest BCUT2D eigenvalue weighted by atomic mass is 32.1. The van der Waals surface area contributed by atoms with Gasteiger partial charge in [0.25, 0.3) is 5.56 Å². The molecule has 0 radical (unpaired) electrons. The van der Waals surface area contributed by atoms with Crippen molar-refractivity contribution < 1.29 is 4.90 Å². The number of H-pyrrole nitrogens is 1. The number of likely N-dealkylation sites (tertiary alicyclic amines) is 1. The second kappa shape index (κ2) is 5.20. The first kappa shape index (κ1) is 11.9. The second-order valence-corrected chi connectivity index (χ2v) is 5.90. The molecule has 5 heteroatoms. The summed E-state index contributed by atoms with van der Waals surface area (Å²) in [5, 5.41) is 1.93. The van der Waals surface area contributed by atoms with Gasteiger partial charge >= 0.3 is 0 Å². The molecule has 1 aliphatic heterocycles. The molecule has 0 bridgehead atoms. The van der Waals surface area contributed by atoms with Crippen LogP contribution in [0.5, 0.6) is 0 Å². The molecule has 1 fully saturated rings. The van der Waals surface area contributed by atoms with Crippen LogP contribution in [0.3, 0.4) is 0 Å². The second-order valence-electron chi connectivity index (χ2n) is 4.99. The molecule has 1 saturated heterocycles. The summed E-state index contributed by atoms with van der Waals surface area (Å²) < 4.78 is 0.740. The molecule has 0 aromatic carbocycles. The molecular weight excluding hydrogens is 246 g/mol. The van der Waals surface area contributed by atoms with Crippen LogP contribution < -0.4 is 10.5 Å². The van der Waals surface area contributed by atoms with Crippen molar-refractivity contribution in [3.8, 4) is 0 Å². The lowest BCUT2D eigenvalue weighted by Crippen LogP contribution is -3.10. The minimum atomic E-state index is 0.0132. The molecule has 2 aromatic heterocycles. The van der Waals surface area contributed by atoms with E-state index >= 15 is 0 Å². The van der Waals surface area contributed by atoms with Crippen molar-refractivity contribution in [2.24, 2.45) is 0 Å². The van der Waals surface area contributed by atoms with Crippen LogP contribution in [0.4, 0.5) is 0 Å². The summed E-state index contributed by atoms with van der Waals surface area (Å²) in [6, 6.07) is 1.93. The molecule has 4 nitrogen and oxygen atoms in total. The Bertz CT molecular complexity index is 581. The predicted octanol–water partition coefficient (Wildman–Crippen LogP) is 0.943. The minimum Gasteiger partial charge on any atom is -0.329 e. The zero-order chi connectivity index (χ0) is 12.4. The van der Waals surface area contributed by atoms with Crippen molar-refractivity contribution in [1.82, 2.24) is 9.97 Å². The van der Waals surface area contributed by atoms with Crippen molar-refractivity contribution >= 4 is 21.6 Å². The molecule has 0 aliphatic carbocycles. The molecule has 3 rings (SSSR count). The smallest absolute Gasteiger partial charge is 0.269 e. The number of hydrogen-bond acceptors (Lipinski definition) is 3. The molecule has 18 heavy (non-hydrogen) atoms.